The Kier molecular flexibility index (Phi) is 6.08. The van der Waals surface area contributed by atoms with Crippen molar-refractivity contribution in [2.24, 2.45) is 0 Å². The number of aromatic nitrogens is 6. The fraction of sp³-hybridized carbons (Fsp3) is 0.100. The minimum atomic E-state index is -0.606. The average molecular weight is 516 g/mol. The van der Waals surface area contributed by atoms with Gasteiger partial charge in [-0.2, -0.15) is 5.10 Å². The van der Waals surface area contributed by atoms with Gasteiger partial charge in [0.05, 0.1) is 28.3 Å². The van der Waals surface area contributed by atoms with Crippen molar-refractivity contribution >= 4 is 34.6 Å². The Balaban J connectivity index is 1.47. The first-order valence-corrected chi connectivity index (χ1v) is 12.5. The van der Waals surface area contributed by atoms with Crippen LogP contribution in [0.2, 0.25) is 0 Å². The van der Waals surface area contributed by atoms with Crippen LogP contribution in [0.15, 0.2) is 90.1 Å². The Morgan fingerprint density at radius 2 is 1.87 bits per heavy atom. The Hall–Kier alpha value is -5.31. The topological polar surface area (TPSA) is 110 Å². The van der Waals surface area contributed by atoms with Crippen LogP contribution in [-0.2, 0) is 0 Å². The van der Waals surface area contributed by atoms with Crippen LogP contribution < -0.4 is 10.9 Å². The second-order valence-electron chi connectivity index (χ2n) is 9.19. The number of aromatic amines is 1. The third-order valence-corrected chi connectivity index (χ3v) is 6.57. The highest BCUT2D eigenvalue weighted by Gasteiger charge is 2.24. The summed E-state index contributed by atoms with van der Waals surface area (Å²) < 4.78 is 3.14. The van der Waals surface area contributed by atoms with Crippen LogP contribution in [0.25, 0.3) is 34.4 Å². The molecule has 0 aliphatic rings. The van der Waals surface area contributed by atoms with Gasteiger partial charge in [-0.3, -0.25) is 14.2 Å². The van der Waals surface area contributed by atoms with Gasteiger partial charge < -0.3 is 10.3 Å². The smallest absolute Gasteiger partial charge is 0.266 e. The van der Waals surface area contributed by atoms with Crippen LogP contribution in [0.1, 0.15) is 46.1 Å². The normalized spacial score (nSPS) is 12.4. The van der Waals surface area contributed by atoms with Crippen molar-refractivity contribution in [2.75, 3.05) is 0 Å². The molecule has 192 valence electrons. The largest absolute Gasteiger partial charge is 0.362 e. The fourth-order valence-corrected chi connectivity index (χ4v) is 4.75. The van der Waals surface area contributed by atoms with E-state index in [1.54, 1.807) is 34.5 Å². The number of fused-ring (bicyclic) bond motifs is 2. The summed E-state index contributed by atoms with van der Waals surface area (Å²) in [5.74, 6) is 0.0740. The summed E-state index contributed by atoms with van der Waals surface area (Å²) in [5.41, 5.74) is 4.07. The molecule has 0 aliphatic heterocycles. The van der Waals surface area contributed by atoms with Gasteiger partial charge in [0, 0.05) is 24.3 Å². The van der Waals surface area contributed by atoms with Gasteiger partial charge >= 0.3 is 0 Å². The van der Waals surface area contributed by atoms with Crippen molar-refractivity contribution < 1.29 is 4.79 Å². The molecule has 0 spiro atoms. The molecule has 6 rings (SSSR count). The Labute approximate surface area is 223 Å². The molecule has 0 aliphatic carbocycles. The first-order valence-electron chi connectivity index (χ1n) is 12.5. The molecule has 9 heteroatoms. The lowest BCUT2D eigenvalue weighted by atomic mass is 10.1. The van der Waals surface area contributed by atoms with E-state index in [9.17, 15) is 9.59 Å². The predicted molar refractivity (Wildman–Crippen MR) is 151 cm³/mol. The van der Waals surface area contributed by atoms with Crippen molar-refractivity contribution in [3.63, 3.8) is 0 Å². The Morgan fingerprint density at radius 1 is 1.03 bits per heavy atom. The summed E-state index contributed by atoms with van der Waals surface area (Å²) in [6, 6.07) is 19.9. The number of hydrogen-bond donors (Lipinski definition) is 2. The van der Waals surface area contributed by atoms with Crippen LogP contribution in [-0.4, -0.2) is 35.0 Å². The number of carbonyl (C=O) groups is 1. The highest BCUT2D eigenvalue weighted by atomic mass is 16.2. The van der Waals surface area contributed by atoms with Crippen LogP contribution in [0.3, 0.4) is 0 Å². The maximum Gasteiger partial charge on any atom is 0.266 e. The molecule has 9 nitrogen and oxygen atoms in total. The van der Waals surface area contributed by atoms with Crippen molar-refractivity contribution in [3.8, 4) is 5.69 Å². The third-order valence-electron chi connectivity index (χ3n) is 6.57. The molecule has 2 aromatic carbocycles. The van der Waals surface area contributed by atoms with Crippen LogP contribution >= 0.6 is 0 Å². The first-order chi connectivity index (χ1) is 19.0. The van der Waals surface area contributed by atoms with Gasteiger partial charge in [0.1, 0.15) is 11.4 Å². The number of carbonyl (C=O) groups excluding carboxylic acids is 1. The first kappa shape index (κ1) is 24.1. The molecule has 2 N–H and O–H groups in total. The van der Waals surface area contributed by atoms with E-state index >= 15 is 0 Å². The maximum atomic E-state index is 14.1. The molecule has 1 atom stereocenters. The van der Waals surface area contributed by atoms with E-state index in [4.69, 9.17) is 4.98 Å². The lowest BCUT2D eigenvalue weighted by Crippen LogP contribution is -2.33. The van der Waals surface area contributed by atoms with E-state index < -0.39 is 6.04 Å². The third kappa shape index (κ3) is 4.40. The van der Waals surface area contributed by atoms with Crippen molar-refractivity contribution in [1.29, 1.82) is 0 Å². The highest BCUT2D eigenvalue weighted by molar-refractivity contribution is 6.01. The molecular formula is C30H25N7O2. The van der Waals surface area contributed by atoms with Gasteiger partial charge in [0.15, 0.2) is 5.65 Å². The molecule has 6 aromatic rings. The number of benzene rings is 2. The lowest BCUT2D eigenvalue weighted by molar-refractivity contribution is 0.0938. The molecular weight excluding hydrogens is 490 g/mol. The molecule has 1 amide bonds. The number of rotatable bonds is 6. The van der Waals surface area contributed by atoms with Crippen LogP contribution in [0.5, 0.6) is 0 Å². The molecule has 0 fully saturated rings. The van der Waals surface area contributed by atoms with Gasteiger partial charge in [0.25, 0.3) is 11.5 Å². The number of H-pyrrole nitrogens is 1. The van der Waals surface area contributed by atoms with E-state index in [-0.39, 0.29) is 11.5 Å². The van der Waals surface area contributed by atoms with Gasteiger partial charge in [-0.05, 0) is 61.9 Å². The predicted octanol–water partition coefficient (Wildman–Crippen LogP) is 4.73. The highest BCUT2D eigenvalue weighted by Crippen LogP contribution is 2.22. The minimum Gasteiger partial charge on any atom is -0.362 e. The van der Waals surface area contributed by atoms with E-state index in [1.807, 2.05) is 85.9 Å². The summed E-state index contributed by atoms with van der Waals surface area (Å²) in [7, 11) is 0. The summed E-state index contributed by atoms with van der Waals surface area (Å²) in [5, 5.41) is 7.91. The molecule has 0 radical (unpaired) electrons. The summed E-state index contributed by atoms with van der Waals surface area (Å²) in [4.78, 5) is 39.9. The second-order valence-corrected chi connectivity index (χ2v) is 9.19. The molecule has 0 saturated heterocycles. The maximum absolute atomic E-state index is 14.1. The molecule has 0 bridgehead atoms. The van der Waals surface area contributed by atoms with Crippen molar-refractivity contribution in [1.82, 2.24) is 34.4 Å². The molecule has 0 saturated carbocycles. The fourth-order valence-electron chi connectivity index (χ4n) is 4.75. The zero-order chi connectivity index (χ0) is 26.9. The van der Waals surface area contributed by atoms with Gasteiger partial charge in [-0.15, -0.1) is 0 Å². The van der Waals surface area contributed by atoms with E-state index in [0.29, 0.717) is 39.3 Å². The van der Waals surface area contributed by atoms with E-state index in [0.717, 1.165) is 11.3 Å². The summed E-state index contributed by atoms with van der Waals surface area (Å²) >= 11 is 0. The number of para-hydroxylation sites is 1. The zero-order valence-corrected chi connectivity index (χ0v) is 21.4. The standard InChI is InChI=1S/C30H25N7O2/c1-19-25(28-32-17-8-18-36(28)35-19)29(38)33-20(2)27-34-24-13-6-9-21(14-15-22-10-7-16-31-22)26(24)30(39)37(27)23-11-4-3-5-12-23/h3-18,20,31H,1-2H3,(H,33,38)/b15-14+/t20-/m1/s1. The quantitative estimate of drug-likeness (QED) is 0.333. The Bertz CT molecular complexity index is 1900. The molecule has 4 aromatic heterocycles. The average Bonchev–Trinajstić information content (AvgIpc) is 3.59. The number of nitrogens with zero attached hydrogens (tertiary/aromatic N) is 5. The van der Waals surface area contributed by atoms with Gasteiger partial charge in [-0.1, -0.05) is 36.4 Å². The van der Waals surface area contributed by atoms with Crippen molar-refractivity contribution in [2.45, 2.75) is 19.9 Å². The second kappa shape index (κ2) is 9.86. The number of aryl methyl sites for hydroxylation is 1. The summed E-state index contributed by atoms with van der Waals surface area (Å²) in [6.45, 7) is 3.58. The molecule has 4 heterocycles. The van der Waals surface area contributed by atoms with Crippen LogP contribution in [0.4, 0.5) is 0 Å². The molecule has 39 heavy (non-hydrogen) atoms. The number of nitrogens with one attached hydrogen (secondary N) is 2. The van der Waals surface area contributed by atoms with Crippen molar-refractivity contribution in [3.05, 3.63) is 124 Å². The van der Waals surface area contributed by atoms with E-state index in [1.165, 1.54) is 0 Å². The lowest BCUT2D eigenvalue weighted by Gasteiger charge is -2.20. The minimum absolute atomic E-state index is 0.220. The monoisotopic (exact) mass is 515 g/mol. The summed E-state index contributed by atoms with van der Waals surface area (Å²) in [6.07, 6.45) is 9.04. The molecule has 0 unspecified atom stereocenters. The zero-order valence-electron chi connectivity index (χ0n) is 21.4. The number of hydrogen-bond acceptors (Lipinski definition) is 5. The van der Waals surface area contributed by atoms with Gasteiger partial charge in [-0.25, -0.2) is 14.5 Å². The van der Waals surface area contributed by atoms with Gasteiger partial charge in [0.2, 0.25) is 0 Å². The van der Waals surface area contributed by atoms with Crippen LogP contribution in [0, 0.1) is 6.92 Å². The number of amides is 1. The SMILES string of the molecule is Cc1nn2cccnc2c1C(=O)N[C@H](C)c1nc2cccc(/C=C/c3ccc[nH]3)c2c(=O)n1-c1ccccc1. The van der Waals surface area contributed by atoms with E-state index in [2.05, 4.69) is 20.4 Å². The Morgan fingerprint density at radius 3 is 2.67 bits per heavy atom.